The Balaban J connectivity index is 1.24. The van der Waals surface area contributed by atoms with E-state index in [9.17, 15) is 22.8 Å². The normalized spacial score (nSPS) is 22.1. The monoisotopic (exact) mass is 511 g/mol. The van der Waals surface area contributed by atoms with Crippen LogP contribution in [0.2, 0.25) is 5.02 Å². The maximum Gasteiger partial charge on any atom is 0.416 e. The standard InChI is InChI=1S/C23H25ClF3N5O3/c24-16-9-14(8-15(10-16)23(25,26)27)13-35-22(34)30-5-1-6-32-17(12-30)11-19(29-32)21(33)31-7-3-18-20(31)2-4-28-18/h8-11,18,20,28H,1-7,12-13H2. The second-order valence-electron chi connectivity index (χ2n) is 9.12. The number of carbonyl (C=O) groups is 2. The lowest BCUT2D eigenvalue weighted by Crippen LogP contribution is -2.38. The number of ether oxygens (including phenoxy) is 1. The van der Waals surface area contributed by atoms with Crippen LogP contribution in [0.25, 0.3) is 0 Å². The molecule has 4 heterocycles. The Bertz CT molecular complexity index is 1140. The fraction of sp³-hybridized carbons (Fsp3) is 0.522. The van der Waals surface area contributed by atoms with Crippen LogP contribution < -0.4 is 5.32 Å². The molecular formula is C23H25ClF3N5O3. The Kier molecular flexibility index (Phi) is 6.39. The van der Waals surface area contributed by atoms with Crippen LogP contribution in [-0.2, 0) is 30.6 Å². The Hall–Kier alpha value is -2.79. The highest BCUT2D eigenvalue weighted by molar-refractivity contribution is 6.30. The van der Waals surface area contributed by atoms with E-state index in [1.807, 2.05) is 4.90 Å². The van der Waals surface area contributed by atoms with Crippen LogP contribution in [0.15, 0.2) is 24.3 Å². The lowest BCUT2D eigenvalue weighted by molar-refractivity contribution is -0.137. The maximum atomic E-state index is 13.1. The number of rotatable bonds is 3. The molecule has 1 aromatic carbocycles. The van der Waals surface area contributed by atoms with Crippen molar-refractivity contribution in [3.05, 3.63) is 51.8 Å². The van der Waals surface area contributed by atoms with Gasteiger partial charge in [-0.15, -0.1) is 0 Å². The first kappa shape index (κ1) is 23.9. The topological polar surface area (TPSA) is 79.7 Å². The van der Waals surface area contributed by atoms with Crippen LogP contribution in [0.4, 0.5) is 18.0 Å². The molecule has 1 N–H and O–H groups in total. The van der Waals surface area contributed by atoms with Crippen molar-refractivity contribution in [2.45, 2.75) is 57.2 Å². The molecule has 8 nitrogen and oxygen atoms in total. The molecule has 2 saturated heterocycles. The molecule has 1 aromatic heterocycles. The van der Waals surface area contributed by atoms with Crippen molar-refractivity contribution in [3.8, 4) is 0 Å². The molecule has 2 amide bonds. The number of nitrogens with one attached hydrogen (secondary N) is 1. The van der Waals surface area contributed by atoms with Gasteiger partial charge in [0.15, 0.2) is 5.69 Å². The lowest BCUT2D eigenvalue weighted by Gasteiger charge is -2.22. The number of carbonyl (C=O) groups excluding carboxylic acids is 2. The Labute approximate surface area is 204 Å². The van der Waals surface area contributed by atoms with Gasteiger partial charge in [-0.1, -0.05) is 11.6 Å². The average molecular weight is 512 g/mol. The Morgan fingerprint density at radius 2 is 1.97 bits per heavy atom. The van der Waals surface area contributed by atoms with Gasteiger partial charge in [-0.3, -0.25) is 9.48 Å². The largest absolute Gasteiger partial charge is 0.445 e. The molecule has 2 aromatic rings. The molecule has 0 aliphatic carbocycles. The third kappa shape index (κ3) is 4.97. The van der Waals surface area contributed by atoms with E-state index in [1.54, 1.807) is 10.7 Å². The molecule has 2 atom stereocenters. The summed E-state index contributed by atoms with van der Waals surface area (Å²) in [6.07, 6.45) is -2.74. The van der Waals surface area contributed by atoms with Gasteiger partial charge in [0, 0.05) is 36.7 Å². The number of halogens is 4. The van der Waals surface area contributed by atoms with Crippen molar-refractivity contribution in [2.24, 2.45) is 0 Å². The summed E-state index contributed by atoms with van der Waals surface area (Å²) < 4.78 is 46.1. The zero-order valence-corrected chi connectivity index (χ0v) is 19.6. The first-order valence-corrected chi connectivity index (χ1v) is 12.0. The lowest BCUT2D eigenvalue weighted by atomic mass is 10.1. The minimum atomic E-state index is -4.55. The van der Waals surface area contributed by atoms with E-state index < -0.39 is 17.8 Å². The van der Waals surface area contributed by atoms with Gasteiger partial charge in [0.25, 0.3) is 5.91 Å². The number of aryl methyl sites for hydroxylation is 1. The third-order valence-corrected chi connectivity index (χ3v) is 7.01. The summed E-state index contributed by atoms with van der Waals surface area (Å²) in [5.74, 6) is -0.0997. The van der Waals surface area contributed by atoms with Crippen molar-refractivity contribution < 1.29 is 27.5 Å². The number of aromatic nitrogens is 2. The van der Waals surface area contributed by atoms with Crippen molar-refractivity contribution >= 4 is 23.6 Å². The number of hydrogen-bond acceptors (Lipinski definition) is 5. The molecule has 12 heteroatoms. The van der Waals surface area contributed by atoms with Gasteiger partial charge in [-0.2, -0.15) is 18.3 Å². The molecular weight excluding hydrogens is 487 g/mol. The number of benzene rings is 1. The summed E-state index contributed by atoms with van der Waals surface area (Å²) in [5, 5.41) is 7.85. The van der Waals surface area contributed by atoms with E-state index >= 15 is 0 Å². The summed E-state index contributed by atoms with van der Waals surface area (Å²) in [7, 11) is 0. The van der Waals surface area contributed by atoms with E-state index in [0.29, 0.717) is 43.5 Å². The van der Waals surface area contributed by atoms with Gasteiger partial charge in [0.05, 0.1) is 17.8 Å². The summed E-state index contributed by atoms with van der Waals surface area (Å²) in [5.41, 5.74) is 0.326. The first-order chi connectivity index (χ1) is 16.7. The third-order valence-electron chi connectivity index (χ3n) is 6.79. The van der Waals surface area contributed by atoms with Crippen molar-refractivity contribution in [3.63, 3.8) is 0 Å². The maximum absolute atomic E-state index is 13.1. The van der Waals surface area contributed by atoms with E-state index in [2.05, 4.69) is 10.4 Å². The zero-order chi connectivity index (χ0) is 24.7. The fourth-order valence-electron chi connectivity index (χ4n) is 5.12. The number of alkyl halides is 3. The van der Waals surface area contributed by atoms with Crippen LogP contribution in [-0.4, -0.2) is 63.3 Å². The molecule has 188 valence electrons. The minimum absolute atomic E-state index is 0.0838. The number of hydrogen-bond donors (Lipinski definition) is 1. The van der Waals surface area contributed by atoms with Gasteiger partial charge < -0.3 is 19.9 Å². The van der Waals surface area contributed by atoms with Crippen LogP contribution in [0.5, 0.6) is 0 Å². The van der Waals surface area contributed by atoms with E-state index in [1.165, 1.54) is 11.0 Å². The van der Waals surface area contributed by atoms with Crippen LogP contribution in [0.1, 0.15) is 46.6 Å². The second kappa shape index (κ2) is 9.34. The van der Waals surface area contributed by atoms with Gasteiger partial charge in [-0.05, 0) is 55.6 Å². The summed E-state index contributed by atoms with van der Waals surface area (Å²) >= 11 is 5.81. The summed E-state index contributed by atoms with van der Waals surface area (Å²) in [6.45, 7) is 2.40. The molecule has 5 rings (SSSR count). The number of nitrogens with zero attached hydrogens (tertiary/aromatic N) is 4. The van der Waals surface area contributed by atoms with Crippen molar-refractivity contribution in [1.82, 2.24) is 24.9 Å². The highest BCUT2D eigenvalue weighted by Gasteiger charge is 2.41. The molecule has 3 aliphatic heterocycles. The van der Waals surface area contributed by atoms with Crippen LogP contribution >= 0.6 is 11.6 Å². The van der Waals surface area contributed by atoms with E-state index in [4.69, 9.17) is 16.3 Å². The highest BCUT2D eigenvalue weighted by atomic mass is 35.5. The van der Waals surface area contributed by atoms with Gasteiger partial charge in [-0.25, -0.2) is 4.79 Å². The fourth-order valence-corrected chi connectivity index (χ4v) is 5.38. The first-order valence-electron chi connectivity index (χ1n) is 11.6. The van der Waals surface area contributed by atoms with Crippen molar-refractivity contribution in [2.75, 3.05) is 19.6 Å². The molecule has 0 bridgehead atoms. The number of likely N-dealkylation sites (tertiary alicyclic amines) is 1. The number of fused-ring (bicyclic) bond motifs is 2. The van der Waals surface area contributed by atoms with Crippen molar-refractivity contribution in [1.29, 1.82) is 0 Å². The SMILES string of the molecule is O=C(OCc1cc(Cl)cc(C(F)(F)F)c1)N1CCCn2nc(C(=O)N3CCC4NCCC43)cc2C1. The van der Waals surface area contributed by atoms with Crippen LogP contribution in [0.3, 0.4) is 0 Å². The predicted molar refractivity (Wildman–Crippen MR) is 120 cm³/mol. The van der Waals surface area contributed by atoms with Crippen LogP contribution in [0, 0.1) is 0 Å². The number of amides is 2. The minimum Gasteiger partial charge on any atom is -0.445 e. The smallest absolute Gasteiger partial charge is 0.416 e. The molecule has 3 aliphatic rings. The Morgan fingerprint density at radius 1 is 1.14 bits per heavy atom. The molecule has 2 fully saturated rings. The van der Waals surface area contributed by atoms with E-state index in [0.717, 1.165) is 31.5 Å². The highest BCUT2D eigenvalue weighted by Crippen LogP contribution is 2.32. The van der Waals surface area contributed by atoms with Gasteiger partial charge in [0.2, 0.25) is 0 Å². The summed E-state index contributed by atoms with van der Waals surface area (Å²) in [6, 6.07) is 5.33. The molecule has 0 spiro atoms. The second-order valence-corrected chi connectivity index (χ2v) is 9.56. The molecule has 35 heavy (non-hydrogen) atoms. The zero-order valence-electron chi connectivity index (χ0n) is 18.9. The molecule has 0 saturated carbocycles. The Morgan fingerprint density at radius 3 is 2.77 bits per heavy atom. The summed E-state index contributed by atoms with van der Waals surface area (Å²) in [4.78, 5) is 29.2. The molecule has 0 radical (unpaired) electrons. The van der Waals surface area contributed by atoms with Gasteiger partial charge >= 0.3 is 12.3 Å². The van der Waals surface area contributed by atoms with E-state index in [-0.39, 0.29) is 35.7 Å². The quantitative estimate of drug-likeness (QED) is 0.680. The average Bonchev–Trinajstić information content (AvgIpc) is 3.49. The molecule has 2 unspecified atom stereocenters. The van der Waals surface area contributed by atoms with Gasteiger partial charge in [0.1, 0.15) is 6.61 Å². The predicted octanol–water partition coefficient (Wildman–Crippen LogP) is 3.67.